The first-order valence-electron chi connectivity index (χ1n) is 7.98. The smallest absolute Gasteiger partial charge is 0.349 e. The number of rotatable bonds is 4. The van der Waals surface area contributed by atoms with Crippen molar-refractivity contribution in [2.75, 3.05) is 11.9 Å². The van der Waals surface area contributed by atoms with Crippen LogP contribution in [0.25, 0.3) is 10.1 Å². The number of carbonyl (C=O) groups excluding carboxylic acids is 2. The van der Waals surface area contributed by atoms with Gasteiger partial charge in [0.1, 0.15) is 4.88 Å². The van der Waals surface area contributed by atoms with Gasteiger partial charge in [-0.15, -0.1) is 11.3 Å². The molecule has 25 heavy (non-hydrogen) atoms. The molecular weight excluding hydrogens is 334 g/mol. The number of esters is 1. The van der Waals surface area contributed by atoms with Gasteiger partial charge >= 0.3 is 5.97 Å². The van der Waals surface area contributed by atoms with Gasteiger partial charge in [-0.3, -0.25) is 4.79 Å². The zero-order valence-electron chi connectivity index (χ0n) is 14.4. The third kappa shape index (κ3) is 3.72. The van der Waals surface area contributed by atoms with E-state index in [1.165, 1.54) is 11.3 Å². The molecule has 0 aliphatic heterocycles. The Morgan fingerprint density at radius 3 is 2.60 bits per heavy atom. The number of hydrogen-bond acceptors (Lipinski definition) is 4. The normalized spacial score (nSPS) is 10.7. The first kappa shape index (κ1) is 17.2. The summed E-state index contributed by atoms with van der Waals surface area (Å²) in [6, 6.07) is 13.6. The Balaban J connectivity index is 1.66. The highest BCUT2D eigenvalue weighted by molar-refractivity contribution is 7.21. The lowest BCUT2D eigenvalue weighted by atomic mass is 10.1. The molecule has 5 heteroatoms. The minimum atomic E-state index is -0.463. The fraction of sp³-hybridized carbons (Fsp3) is 0.200. The molecule has 0 saturated heterocycles. The van der Waals surface area contributed by atoms with E-state index in [1.54, 1.807) is 0 Å². The summed E-state index contributed by atoms with van der Waals surface area (Å²) in [7, 11) is 0. The Labute approximate surface area is 150 Å². The van der Waals surface area contributed by atoms with Crippen LogP contribution >= 0.6 is 11.3 Å². The number of nitrogens with one attached hydrogen (secondary N) is 1. The first-order chi connectivity index (χ1) is 12.0. The van der Waals surface area contributed by atoms with Crippen LogP contribution in [-0.2, 0) is 9.53 Å². The van der Waals surface area contributed by atoms with Crippen molar-refractivity contribution in [1.82, 2.24) is 0 Å². The molecule has 2 aromatic carbocycles. The van der Waals surface area contributed by atoms with E-state index >= 15 is 0 Å². The number of aryl methyl sites for hydroxylation is 3. The average Bonchev–Trinajstić information content (AvgIpc) is 2.93. The highest BCUT2D eigenvalue weighted by atomic mass is 32.1. The molecule has 4 nitrogen and oxygen atoms in total. The monoisotopic (exact) mass is 353 g/mol. The van der Waals surface area contributed by atoms with Crippen molar-refractivity contribution in [1.29, 1.82) is 0 Å². The van der Waals surface area contributed by atoms with E-state index in [4.69, 9.17) is 4.74 Å². The van der Waals surface area contributed by atoms with Crippen molar-refractivity contribution in [2.45, 2.75) is 20.8 Å². The lowest BCUT2D eigenvalue weighted by Crippen LogP contribution is -2.21. The molecule has 0 bridgehead atoms. The number of benzene rings is 2. The van der Waals surface area contributed by atoms with E-state index in [2.05, 4.69) is 5.32 Å². The highest BCUT2D eigenvalue weighted by Crippen LogP contribution is 2.30. The summed E-state index contributed by atoms with van der Waals surface area (Å²) in [5, 5.41) is 3.83. The van der Waals surface area contributed by atoms with Crippen molar-refractivity contribution in [2.24, 2.45) is 0 Å². The maximum absolute atomic E-state index is 12.3. The highest BCUT2D eigenvalue weighted by Gasteiger charge is 2.18. The van der Waals surface area contributed by atoms with Crippen LogP contribution in [-0.4, -0.2) is 18.5 Å². The number of fused-ring (bicyclic) bond motifs is 1. The van der Waals surface area contributed by atoms with Crippen molar-refractivity contribution < 1.29 is 14.3 Å². The second-order valence-corrected chi connectivity index (χ2v) is 7.05. The van der Waals surface area contributed by atoms with Gasteiger partial charge in [0.2, 0.25) is 0 Å². The van der Waals surface area contributed by atoms with E-state index < -0.39 is 5.97 Å². The summed E-state index contributed by atoms with van der Waals surface area (Å²) in [6.45, 7) is 5.46. The van der Waals surface area contributed by atoms with Gasteiger partial charge in [0.05, 0.1) is 0 Å². The van der Waals surface area contributed by atoms with Crippen molar-refractivity contribution >= 4 is 39.0 Å². The Morgan fingerprint density at radius 2 is 1.84 bits per heavy atom. The van der Waals surface area contributed by atoms with Crippen LogP contribution in [0.1, 0.15) is 26.4 Å². The van der Waals surface area contributed by atoms with Gasteiger partial charge < -0.3 is 10.1 Å². The summed E-state index contributed by atoms with van der Waals surface area (Å²) < 4.78 is 6.24. The third-order valence-electron chi connectivity index (χ3n) is 4.03. The summed E-state index contributed by atoms with van der Waals surface area (Å²) in [6.07, 6.45) is 0. The number of amides is 1. The summed E-state index contributed by atoms with van der Waals surface area (Å²) in [5.74, 6) is -0.810. The predicted molar refractivity (Wildman–Crippen MR) is 101 cm³/mol. The van der Waals surface area contributed by atoms with Crippen LogP contribution in [0.5, 0.6) is 0 Å². The molecule has 1 amide bonds. The Bertz CT molecular complexity index is 959. The number of ether oxygens (including phenoxy) is 1. The second-order valence-electron chi connectivity index (χ2n) is 6.00. The van der Waals surface area contributed by atoms with E-state index in [0.29, 0.717) is 4.88 Å². The molecule has 0 fully saturated rings. The molecule has 0 spiro atoms. The zero-order chi connectivity index (χ0) is 18.0. The summed E-state index contributed by atoms with van der Waals surface area (Å²) in [4.78, 5) is 24.9. The fourth-order valence-electron chi connectivity index (χ4n) is 2.62. The molecule has 1 aromatic heterocycles. The van der Waals surface area contributed by atoms with Crippen LogP contribution in [0, 0.1) is 20.8 Å². The molecule has 3 aromatic rings. The lowest BCUT2D eigenvalue weighted by Gasteiger charge is -2.09. The van der Waals surface area contributed by atoms with Crippen molar-refractivity contribution in [3.63, 3.8) is 0 Å². The van der Waals surface area contributed by atoms with E-state index in [1.807, 2.05) is 63.2 Å². The molecule has 1 heterocycles. The predicted octanol–water partition coefficient (Wildman–Crippen LogP) is 4.62. The zero-order valence-corrected chi connectivity index (χ0v) is 15.2. The second kappa shape index (κ2) is 7.07. The Hall–Kier alpha value is -2.66. The largest absolute Gasteiger partial charge is 0.451 e. The quantitative estimate of drug-likeness (QED) is 0.696. The third-order valence-corrected chi connectivity index (χ3v) is 5.28. The summed E-state index contributed by atoms with van der Waals surface area (Å²) >= 11 is 1.39. The minimum absolute atomic E-state index is 0.306. The van der Waals surface area contributed by atoms with Crippen molar-refractivity contribution in [3.8, 4) is 0 Å². The van der Waals surface area contributed by atoms with E-state index in [9.17, 15) is 9.59 Å². The minimum Gasteiger partial charge on any atom is -0.451 e. The lowest BCUT2D eigenvalue weighted by molar-refractivity contribution is -0.119. The molecule has 1 N–H and O–H groups in total. The Kier molecular flexibility index (Phi) is 4.86. The molecule has 0 aliphatic carbocycles. The number of carbonyl (C=O) groups is 2. The number of hydrogen-bond donors (Lipinski definition) is 1. The van der Waals surface area contributed by atoms with Gasteiger partial charge in [-0.1, -0.05) is 30.3 Å². The molecular formula is C20H19NO3S. The SMILES string of the molecule is Cc1ccc(C)c(NC(=O)COC(=O)c2sc3ccccc3c2C)c1. The first-order valence-corrected chi connectivity index (χ1v) is 8.79. The van der Waals surface area contributed by atoms with E-state index in [0.717, 1.165) is 32.5 Å². The summed E-state index contributed by atoms with van der Waals surface area (Å²) in [5.41, 5.74) is 3.64. The molecule has 128 valence electrons. The topological polar surface area (TPSA) is 55.4 Å². The molecule has 0 aliphatic rings. The van der Waals surface area contributed by atoms with Crippen LogP contribution < -0.4 is 5.32 Å². The van der Waals surface area contributed by atoms with Crippen LogP contribution in [0.3, 0.4) is 0 Å². The maximum atomic E-state index is 12.3. The number of thiophene rings is 1. The van der Waals surface area contributed by atoms with Gasteiger partial charge in [0.25, 0.3) is 5.91 Å². The number of anilines is 1. The maximum Gasteiger partial charge on any atom is 0.349 e. The van der Waals surface area contributed by atoms with Gasteiger partial charge in [-0.25, -0.2) is 4.79 Å². The van der Waals surface area contributed by atoms with Crippen LogP contribution in [0.4, 0.5) is 5.69 Å². The molecule has 0 atom stereocenters. The van der Waals surface area contributed by atoms with Gasteiger partial charge in [-0.05, 0) is 55.0 Å². The molecule has 3 rings (SSSR count). The van der Waals surface area contributed by atoms with Crippen LogP contribution in [0.15, 0.2) is 42.5 Å². The molecule has 0 unspecified atom stereocenters. The van der Waals surface area contributed by atoms with Crippen molar-refractivity contribution in [3.05, 3.63) is 64.0 Å². The average molecular weight is 353 g/mol. The standard InChI is InChI=1S/C20H19NO3S/c1-12-8-9-13(2)16(10-12)21-18(22)11-24-20(23)19-14(3)15-6-4-5-7-17(15)25-19/h4-10H,11H2,1-3H3,(H,21,22). The molecule has 0 radical (unpaired) electrons. The van der Waals surface area contributed by atoms with Gasteiger partial charge in [-0.2, -0.15) is 0 Å². The van der Waals surface area contributed by atoms with E-state index in [-0.39, 0.29) is 12.5 Å². The fourth-order valence-corrected chi connectivity index (χ4v) is 3.73. The van der Waals surface area contributed by atoms with Gasteiger partial charge in [0.15, 0.2) is 6.61 Å². The Morgan fingerprint density at radius 1 is 1.08 bits per heavy atom. The van der Waals surface area contributed by atoms with Crippen LogP contribution in [0.2, 0.25) is 0 Å². The van der Waals surface area contributed by atoms with Gasteiger partial charge in [0, 0.05) is 10.4 Å². The molecule has 0 saturated carbocycles.